The number of likely N-dealkylation sites (tertiary alicyclic amines) is 3. The molecule has 3 aliphatic carbocycles. The molecule has 0 bridgehead atoms. The van der Waals surface area contributed by atoms with Crippen molar-refractivity contribution >= 4 is 140 Å². The van der Waals surface area contributed by atoms with E-state index in [0.29, 0.717) is 90.3 Å². The van der Waals surface area contributed by atoms with E-state index < -0.39 is 22.2 Å². The standard InChI is InChI=1S/C30H35N5O3.C25H23FN4O2.C20H20BrN3O2.C16H16BrN3O.4CH4/c1-33(2)13-4-16-38-26-10-8-22(18-32-26)21-7-9-24-23(17-21)27-25(19-31-24)34(3)29(37)30(27)11-14-35(15-12-30)28(36)20-5-6-20;1-29-20-14-27-19-6-4-16(17-5-7-21(26)28-13-17)12-18(19)22(20)25(24(29)32)8-10-30(11-9-25)23(31)15-2-3-15;1-23-16-11-22-15-5-4-13(21)10-14(15)17(16)20(19(23)26)6-8-24(9-7-20)18(25)12-2-3-12;1-20-13-9-19-12-3-2-10(17)8-11(12)14(13)16(15(20)21)4-6-18-7-5-16;;;;/h7-10,17-20H,4-6,11-16H2,1-3H3;4-7,12-15H,2-3,8-11H2,1H3;4-5,10-12H,2-3,6-9H2,1H3;2-3,8-9,18H,4-7H2,1H3;4*1H4. The summed E-state index contributed by atoms with van der Waals surface area (Å²) in [5, 5.41) is 7.44. The maximum Gasteiger partial charge on any atom is 0.237 e. The third-order valence-electron chi connectivity index (χ3n) is 26.7. The Hall–Kier alpha value is -10.3. The second-order valence-corrected chi connectivity index (χ2v) is 35.8. The second kappa shape index (κ2) is 34.2. The number of fused-ring (bicyclic) bond motifs is 16. The summed E-state index contributed by atoms with van der Waals surface area (Å²) in [5.74, 6) is 2.06. The van der Waals surface area contributed by atoms with Crippen molar-refractivity contribution in [1.82, 2.24) is 54.8 Å². The smallest absolute Gasteiger partial charge is 0.237 e. The average molecular weight is 1770 g/mol. The van der Waals surface area contributed by atoms with Crippen LogP contribution in [-0.4, -0.2) is 199 Å². The van der Waals surface area contributed by atoms with Crippen LogP contribution in [0.3, 0.4) is 0 Å². The molecular formula is C95H110Br2FN15O8. The zero-order valence-electron chi connectivity index (χ0n) is 66.8. The van der Waals surface area contributed by atoms with Gasteiger partial charge in [-0.15, -0.1) is 0 Å². The van der Waals surface area contributed by atoms with E-state index in [2.05, 4.69) is 105 Å². The van der Waals surface area contributed by atoms with Crippen LogP contribution in [0.15, 0.2) is 143 Å². The van der Waals surface area contributed by atoms with Crippen LogP contribution in [-0.2, 0) is 55.2 Å². The summed E-state index contributed by atoms with van der Waals surface area (Å²) in [6.45, 7) is 7.13. The zero-order chi connectivity index (χ0) is 81.1. The summed E-state index contributed by atoms with van der Waals surface area (Å²) in [7, 11) is 11.5. The molecule has 10 aromatic rings. The van der Waals surface area contributed by atoms with E-state index in [1.54, 1.807) is 38.9 Å². The van der Waals surface area contributed by atoms with E-state index in [9.17, 15) is 38.0 Å². The minimum Gasteiger partial charge on any atom is -0.478 e. The number of anilines is 4. The number of ether oxygens (including phenoxy) is 1. The van der Waals surface area contributed by atoms with Gasteiger partial charge in [-0.2, -0.15) is 4.39 Å². The zero-order valence-corrected chi connectivity index (χ0v) is 69.9. The maximum absolute atomic E-state index is 13.7. The monoisotopic (exact) mass is 1770 g/mol. The van der Waals surface area contributed by atoms with Crippen molar-refractivity contribution in [2.75, 3.05) is 127 Å². The van der Waals surface area contributed by atoms with Crippen LogP contribution >= 0.6 is 31.9 Å². The number of nitrogens with zero attached hydrogens (tertiary/aromatic N) is 14. The topological polar surface area (TPSA) is 244 Å². The number of aromatic nitrogens is 6. The molecule has 121 heavy (non-hydrogen) atoms. The largest absolute Gasteiger partial charge is 0.478 e. The van der Waals surface area contributed by atoms with Crippen molar-refractivity contribution in [2.45, 2.75) is 148 Å². The van der Waals surface area contributed by atoms with Gasteiger partial charge in [-0.1, -0.05) is 73.7 Å². The number of hydrogen-bond donors (Lipinski definition) is 1. The Labute approximate surface area is 724 Å². The molecule has 4 saturated heterocycles. The molecular weight excluding hydrogens is 1660 g/mol. The van der Waals surface area contributed by atoms with Gasteiger partial charge in [0.2, 0.25) is 53.2 Å². The first-order valence-corrected chi connectivity index (χ1v) is 42.7. The van der Waals surface area contributed by atoms with Gasteiger partial charge in [0.15, 0.2) is 0 Å². The van der Waals surface area contributed by atoms with Crippen LogP contribution in [0.25, 0.3) is 65.9 Å². The number of benzene rings is 4. The third-order valence-corrected chi connectivity index (χ3v) is 27.7. The molecule has 634 valence electrons. The lowest BCUT2D eigenvalue weighted by atomic mass is 9.72. The van der Waals surface area contributed by atoms with Crippen LogP contribution < -0.4 is 29.7 Å². The van der Waals surface area contributed by atoms with Gasteiger partial charge in [0.05, 0.1) is 97.9 Å². The predicted molar refractivity (Wildman–Crippen MR) is 482 cm³/mol. The lowest BCUT2D eigenvalue weighted by Crippen LogP contribution is -2.50. The highest BCUT2D eigenvalue weighted by Gasteiger charge is 2.57. The highest BCUT2D eigenvalue weighted by atomic mass is 79.9. The summed E-state index contributed by atoms with van der Waals surface area (Å²) in [5.41, 5.74) is 13.0. The van der Waals surface area contributed by atoms with Gasteiger partial charge in [-0.25, -0.2) is 9.97 Å². The molecule has 23 nitrogen and oxygen atoms in total. The number of halogens is 3. The first-order valence-electron chi connectivity index (χ1n) is 41.1. The molecule has 0 radical (unpaired) electrons. The van der Waals surface area contributed by atoms with Gasteiger partial charge in [-0.3, -0.25) is 53.5 Å². The quantitative estimate of drug-likeness (QED) is 0.0988. The molecule has 4 spiro atoms. The van der Waals surface area contributed by atoms with Crippen molar-refractivity contribution in [3.8, 4) is 28.1 Å². The summed E-state index contributed by atoms with van der Waals surface area (Å²) in [6, 6.07) is 31.3. The van der Waals surface area contributed by atoms with Gasteiger partial charge in [-0.05, 0) is 213 Å². The fourth-order valence-corrected chi connectivity index (χ4v) is 20.5. The van der Waals surface area contributed by atoms with Crippen LogP contribution in [0.2, 0.25) is 0 Å². The number of carbonyl (C=O) groups is 7. The molecule has 3 saturated carbocycles. The van der Waals surface area contributed by atoms with E-state index in [1.807, 2.05) is 121 Å². The Bertz CT molecular complexity index is 5710. The Morgan fingerprint density at radius 3 is 1.05 bits per heavy atom. The lowest BCUT2D eigenvalue weighted by molar-refractivity contribution is -0.136. The highest BCUT2D eigenvalue weighted by Crippen LogP contribution is 2.56. The summed E-state index contributed by atoms with van der Waals surface area (Å²) in [6.07, 6.45) is 23.2. The number of amides is 7. The van der Waals surface area contributed by atoms with Gasteiger partial charge < -0.3 is 49.3 Å². The average Bonchev–Trinajstić information content (AvgIpc) is 1.58. The number of pyridine rings is 6. The summed E-state index contributed by atoms with van der Waals surface area (Å²) < 4.78 is 21.1. The molecule has 7 amide bonds. The van der Waals surface area contributed by atoms with Crippen molar-refractivity contribution in [2.24, 2.45) is 17.8 Å². The van der Waals surface area contributed by atoms with Crippen molar-refractivity contribution in [3.05, 3.63) is 171 Å². The molecule has 0 unspecified atom stereocenters. The molecule has 21 rings (SSSR count). The van der Waals surface area contributed by atoms with Crippen LogP contribution in [0, 0.1) is 23.7 Å². The number of likely N-dealkylation sites (N-methyl/N-ethyl adjacent to an activating group) is 4. The van der Waals surface area contributed by atoms with E-state index >= 15 is 0 Å². The maximum atomic E-state index is 13.7. The number of carbonyl (C=O) groups excluding carboxylic acids is 7. The van der Waals surface area contributed by atoms with Crippen LogP contribution in [0.4, 0.5) is 27.1 Å². The van der Waals surface area contributed by atoms with E-state index in [0.717, 1.165) is 192 Å². The molecule has 0 atom stereocenters. The SMILES string of the molecule is C.C.C.C.CN(C)CCCOc1ccc(-c2ccc3ncc4c(c3c2)C2(CCN(C(=O)C3CC3)CC2)C(=O)N4C)cn1.CN1C(=O)C2(CCN(C(=O)C3CC3)CC2)c2c1cnc1ccc(-c3ccc(F)nc3)cc21.CN1C(=O)C2(CCN(C(=O)C3CC3)CC2)c2c1cnc1ccc(Br)cc21.CN1C(=O)C2(CCNCC2)c2c1cnc1ccc(Br)cc21. The van der Waals surface area contributed by atoms with E-state index in [1.165, 1.54) is 17.8 Å². The molecule has 8 aliphatic heterocycles. The Morgan fingerprint density at radius 1 is 0.421 bits per heavy atom. The van der Waals surface area contributed by atoms with Gasteiger partial charge in [0.25, 0.3) is 0 Å². The summed E-state index contributed by atoms with van der Waals surface area (Å²) in [4.78, 5) is 133. The number of piperidine rings is 4. The fourth-order valence-electron chi connectivity index (χ4n) is 19.8. The molecule has 26 heteroatoms. The van der Waals surface area contributed by atoms with Crippen LogP contribution in [0.5, 0.6) is 5.88 Å². The van der Waals surface area contributed by atoms with Crippen LogP contribution in [0.1, 0.15) is 148 Å². The van der Waals surface area contributed by atoms with Gasteiger partial charge in [0, 0.05) is 174 Å². The number of hydrogen-bond acceptors (Lipinski definition) is 16. The first-order chi connectivity index (χ1) is 56.5. The lowest BCUT2D eigenvalue weighted by Gasteiger charge is -2.38. The minimum atomic E-state index is -0.648. The minimum absolute atomic E-state index is 0. The highest BCUT2D eigenvalue weighted by molar-refractivity contribution is 9.10. The van der Waals surface area contributed by atoms with Crippen molar-refractivity contribution in [3.63, 3.8) is 0 Å². The van der Waals surface area contributed by atoms with Crippen molar-refractivity contribution < 1.29 is 42.7 Å². The number of rotatable bonds is 10. The van der Waals surface area contributed by atoms with Gasteiger partial charge >= 0.3 is 0 Å². The van der Waals surface area contributed by atoms with E-state index in [-0.39, 0.29) is 94.2 Å². The number of nitrogens with one attached hydrogen (secondary N) is 1. The molecule has 6 aromatic heterocycles. The molecule has 11 aliphatic rings. The fraction of sp³-hybridized carbons (Fsp3) is 0.442. The van der Waals surface area contributed by atoms with Gasteiger partial charge in [0.1, 0.15) is 0 Å². The Morgan fingerprint density at radius 2 is 0.736 bits per heavy atom. The second-order valence-electron chi connectivity index (χ2n) is 34.0. The van der Waals surface area contributed by atoms with Crippen molar-refractivity contribution in [1.29, 1.82) is 0 Å². The molecule has 4 aromatic carbocycles. The molecule has 7 fully saturated rings. The third kappa shape index (κ3) is 15.4. The first kappa shape index (κ1) is 87.1. The normalized spacial score (nSPS) is 19.1. The Kier molecular flexibility index (Phi) is 24.6. The Balaban J connectivity index is 0.000000133. The summed E-state index contributed by atoms with van der Waals surface area (Å²) >= 11 is 7.10. The predicted octanol–water partition coefficient (Wildman–Crippen LogP) is 15.9. The van der Waals surface area contributed by atoms with E-state index in [4.69, 9.17) is 9.72 Å². The molecule has 1 N–H and O–H groups in total. The molecule has 14 heterocycles.